The number of halogens is 3. The third-order valence-corrected chi connectivity index (χ3v) is 3.48. The highest BCUT2D eigenvalue weighted by Gasteiger charge is 2.14. The van der Waals surface area contributed by atoms with Crippen LogP contribution in [0.2, 0.25) is 10.0 Å². The van der Waals surface area contributed by atoms with E-state index in [-0.39, 0.29) is 17.0 Å². The molecule has 0 amide bonds. The molecule has 1 rings (SSSR count). The number of carbonyl (C=O) groups is 1. The quantitative estimate of drug-likeness (QED) is 0.361. The maximum absolute atomic E-state index is 11.2. The highest BCUT2D eigenvalue weighted by molar-refractivity contribution is 9.09. The fourth-order valence-corrected chi connectivity index (χ4v) is 2.03. The first-order chi connectivity index (χ1) is 7.54. The largest absolute Gasteiger partial charge is 0.361 e. The third kappa shape index (κ3) is 3.72. The fourth-order valence-electron chi connectivity index (χ4n) is 1.12. The van der Waals surface area contributed by atoms with Crippen LogP contribution in [-0.2, 0) is 4.79 Å². The first kappa shape index (κ1) is 13.4. The lowest BCUT2D eigenvalue weighted by Crippen LogP contribution is -2.04. The van der Waals surface area contributed by atoms with Crippen LogP contribution >= 0.6 is 39.1 Å². The van der Waals surface area contributed by atoms with Crippen molar-refractivity contribution in [2.75, 3.05) is 0 Å². The highest BCUT2D eigenvalue weighted by Crippen LogP contribution is 2.31. The molecule has 0 fully saturated rings. The van der Waals surface area contributed by atoms with E-state index in [9.17, 15) is 4.79 Å². The summed E-state index contributed by atoms with van der Waals surface area (Å²) in [5, 5.41) is 0.903. The molecular formula is C10H7BrCl2N2O. The topological polar surface area (TPSA) is 53.5 Å². The van der Waals surface area contributed by atoms with Gasteiger partial charge in [0.05, 0.1) is 10.0 Å². The maximum Gasteiger partial charge on any atom is 0.323 e. The normalized spacial score (nSPS) is 11.7. The monoisotopic (exact) mass is 320 g/mol. The van der Waals surface area contributed by atoms with Gasteiger partial charge in [0.1, 0.15) is 0 Å². The van der Waals surface area contributed by atoms with E-state index in [1.165, 1.54) is 0 Å². The van der Waals surface area contributed by atoms with E-state index in [1.54, 1.807) is 18.2 Å². The van der Waals surface area contributed by atoms with Crippen LogP contribution in [0.15, 0.2) is 18.2 Å². The molecule has 1 aromatic rings. The molecule has 0 spiro atoms. The zero-order valence-electron chi connectivity index (χ0n) is 8.03. The molecular weight excluding hydrogens is 315 g/mol. The molecule has 84 valence electrons. The zero-order chi connectivity index (χ0) is 12.1. The van der Waals surface area contributed by atoms with Gasteiger partial charge in [-0.05, 0) is 17.7 Å². The predicted molar refractivity (Wildman–Crippen MR) is 67.4 cm³/mol. The van der Waals surface area contributed by atoms with Gasteiger partial charge in [0.25, 0.3) is 0 Å². The summed E-state index contributed by atoms with van der Waals surface area (Å²) < 4.78 is 0. The van der Waals surface area contributed by atoms with Crippen molar-refractivity contribution >= 4 is 51.1 Å². The number of hydrogen-bond acceptors (Lipinski definition) is 1. The molecule has 3 nitrogen and oxygen atoms in total. The second-order valence-electron chi connectivity index (χ2n) is 3.06. The first-order valence-electron chi connectivity index (χ1n) is 4.34. The van der Waals surface area contributed by atoms with Crippen molar-refractivity contribution in [3.05, 3.63) is 39.3 Å². The van der Waals surface area contributed by atoms with Crippen LogP contribution in [0.5, 0.6) is 0 Å². The summed E-state index contributed by atoms with van der Waals surface area (Å²) in [7, 11) is 0. The maximum atomic E-state index is 11.2. The number of ketones is 1. The molecule has 0 radical (unpaired) electrons. The van der Waals surface area contributed by atoms with Crippen LogP contribution in [0.25, 0.3) is 5.53 Å². The van der Waals surface area contributed by atoms with Crippen LogP contribution in [-0.4, -0.2) is 16.8 Å². The lowest BCUT2D eigenvalue weighted by molar-refractivity contribution is -0.116. The van der Waals surface area contributed by atoms with Crippen LogP contribution in [0, 0.1) is 0 Å². The van der Waals surface area contributed by atoms with Crippen molar-refractivity contribution in [2.24, 2.45) is 0 Å². The molecule has 0 saturated heterocycles. The average Bonchev–Trinajstić information content (AvgIpc) is 2.22. The van der Waals surface area contributed by atoms with Gasteiger partial charge in [-0.15, -0.1) is 0 Å². The molecule has 0 aliphatic carbocycles. The van der Waals surface area contributed by atoms with Gasteiger partial charge in [-0.1, -0.05) is 45.2 Å². The minimum atomic E-state index is -0.282. The van der Waals surface area contributed by atoms with Gasteiger partial charge in [0.2, 0.25) is 5.78 Å². The number of alkyl halides is 1. The minimum Gasteiger partial charge on any atom is -0.361 e. The fraction of sp³-hybridized carbons (Fsp3) is 0.200. The van der Waals surface area contributed by atoms with E-state index in [0.717, 1.165) is 11.8 Å². The molecule has 1 aromatic carbocycles. The number of benzene rings is 1. The summed E-state index contributed by atoms with van der Waals surface area (Å²) in [6, 6.07) is 5.13. The van der Waals surface area contributed by atoms with Crippen molar-refractivity contribution in [2.45, 2.75) is 11.2 Å². The smallest absolute Gasteiger partial charge is 0.323 e. The highest BCUT2D eigenvalue weighted by atomic mass is 79.9. The van der Waals surface area contributed by atoms with Gasteiger partial charge in [-0.25, -0.2) is 0 Å². The molecule has 0 aromatic heterocycles. The number of hydrogen-bond donors (Lipinski definition) is 0. The van der Waals surface area contributed by atoms with Crippen LogP contribution in [0.4, 0.5) is 0 Å². The van der Waals surface area contributed by atoms with Crippen molar-refractivity contribution in [1.82, 2.24) is 0 Å². The van der Waals surface area contributed by atoms with E-state index in [2.05, 4.69) is 20.7 Å². The Labute approximate surface area is 111 Å². The molecule has 1 atom stereocenters. The van der Waals surface area contributed by atoms with Crippen LogP contribution in [0.1, 0.15) is 16.8 Å². The molecule has 0 aliphatic rings. The first-order valence-corrected chi connectivity index (χ1v) is 6.01. The summed E-state index contributed by atoms with van der Waals surface area (Å²) in [6.07, 6.45) is 1.05. The van der Waals surface area contributed by atoms with Crippen LogP contribution in [0.3, 0.4) is 0 Å². The van der Waals surface area contributed by atoms with E-state index in [0.29, 0.717) is 10.0 Å². The molecule has 16 heavy (non-hydrogen) atoms. The molecule has 1 unspecified atom stereocenters. The Hall–Kier alpha value is -0.670. The SMILES string of the molecule is [N-]=[N+]=CC(=O)CC(Br)c1ccc(Cl)c(Cl)c1. The summed E-state index contributed by atoms with van der Waals surface area (Å²) in [6.45, 7) is 0. The number of carbonyl (C=O) groups excluding carboxylic acids is 1. The molecule has 0 aliphatic heterocycles. The Morgan fingerprint density at radius 1 is 1.50 bits per heavy atom. The van der Waals surface area contributed by atoms with Gasteiger partial charge >= 0.3 is 6.21 Å². The lowest BCUT2D eigenvalue weighted by Gasteiger charge is -2.08. The number of nitrogens with zero attached hydrogens (tertiary/aromatic N) is 2. The predicted octanol–water partition coefficient (Wildman–Crippen LogP) is 3.69. The molecule has 0 N–H and O–H groups in total. The number of Topliss-reactive ketones (excluding diaryl/α,β-unsaturated/α-hetero) is 1. The Bertz CT molecular complexity index is 458. The van der Waals surface area contributed by atoms with Crippen molar-refractivity contribution in [3.8, 4) is 0 Å². The molecule has 0 saturated carbocycles. The summed E-state index contributed by atoms with van der Waals surface area (Å²) in [5.41, 5.74) is 9.04. The van der Waals surface area contributed by atoms with E-state index in [4.69, 9.17) is 28.7 Å². The molecule has 0 bridgehead atoms. The Balaban J connectivity index is 2.80. The van der Waals surface area contributed by atoms with Gasteiger partial charge in [-0.3, -0.25) is 4.79 Å². The van der Waals surface area contributed by atoms with Gasteiger partial charge in [0, 0.05) is 11.2 Å². The van der Waals surface area contributed by atoms with Crippen molar-refractivity contribution < 1.29 is 9.58 Å². The Morgan fingerprint density at radius 3 is 2.75 bits per heavy atom. The Kier molecular flexibility index (Phi) is 5.16. The van der Waals surface area contributed by atoms with Crippen LogP contribution < -0.4 is 0 Å². The summed E-state index contributed by atoms with van der Waals surface area (Å²) >= 11 is 15.0. The lowest BCUT2D eigenvalue weighted by atomic mass is 10.1. The molecule has 0 heterocycles. The van der Waals surface area contributed by atoms with Crippen molar-refractivity contribution in [1.29, 1.82) is 0 Å². The second kappa shape index (κ2) is 6.16. The van der Waals surface area contributed by atoms with E-state index in [1.807, 2.05) is 0 Å². The van der Waals surface area contributed by atoms with E-state index < -0.39 is 0 Å². The van der Waals surface area contributed by atoms with Gasteiger partial charge in [0.15, 0.2) is 0 Å². The number of rotatable bonds is 4. The zero-order valence-corrected chi connectivity index (χ0v) is 11.1. The van der Waals surface area contributed by atoms with Gasteiger partial charge in [-0.2, -0.15) is 4.79 Å². The average molecular weight is 322 g/mol. The van der Waals surface area contributed by atoms with E-state index >= 15 is 0 Å². The summed E-state index contributed by atoms with van der Waals surface area (Å²) in [4.78, 5) is 13.7. The van der Waals surface area contributed by atoms with Gasteiger partial charge < -0.3 is 5.53 Å². The van der Waals surface area contributed by atoms with Crippen molar-refractivity contribution in [3.63, 3.8) is 0 Å². The third-order valence-electron chi connectivity index (χ3n) is 1.89. The second-order valence-corrected chi connectivity index (χ2v) is 4.98. The minimum absolute atomic E-state index is 0.183. The summed E-state index contributed by atoms with van der Waals surface area (Å²) in [5.74, 6) is -0.282. The standard InChI is InChI=1S/C10H7BrCl2N2O/c11-8(4-7(16)5-15-14)6-1-2-9(12)10(13)3-6/h1-3,5,8H,4H2. The molecule has 6 heteroatoms. The Morgan fingerprint density at radius 2 is 2.19 bits per heavy atom.